The van der Waals surface area contributed by atoms with E-state index in [1.165, 1.54) is 4.68 Å². The van der Waals surface area contributed by atoms with Gasteiger partial charge in [-0.1, -0.05) is 15.9 Å². The van der Waals surface area contributed by atoms with Crippen LogP contribution in [0.2, 0.25) is 0 Å². The molecular weight excluding hydrogens is 374 g/mol. The van der Waals surface area contributed by atoms with Crippen molar-refractivity contribution in [2.75, 3.05) is 6.79 Å². The highest BCUT2D eigenvalue weighted by molar-refractivity contribution is 9.10. The van der Waals surface area contributed by atoms with Gasteiger partial charge in [0.05, 0.1) is 22.1 Å². The number of pyridine rings is 1. The molecule has 2 aromatic heterocycles. The first kappa shape index (κ1) is 13.6. The van der Waals surface area contributed by atoms with E-state index in [1.54, 1.807) is 6.20 Å². The van der Waals surface area contributed by atoms with E-state index in [9.17, 15) is 4.79 Å². The number of aromatic nitrogens is 3. The predicted molar refractivity (Wildman–Crippen MR) is 93.0 cm³/mol. The number of nitrogens with one attached hydrogen (secondary N) is 1. The molecular formula is C17H10BrN3O3. The quantitative estimate of drug-likeness (QED) is 0.547. The Morgan fingerprint density at radius 2 is 1.83 bits per heavy atom. The van der Waals surface area contributed by atoms with Crippen LogP contribution in [0.4, 0.5) is 0 Å². The number of H-pyrrole nitrogens is 1. The molecule has 0 radical (unpaired) electrons. The van der Waals surface area contributed by atoms with Crippen LogP contribution in [0.1, 0.15) is 0 Å². The maximum atomic E-state index is 12.7. The van der Waals surface area contributed by atoms with Gasteiger partial charge in [-0.25, -0.2) is 4.68 Å². The molecule has 1 N–H and O–H groups in total. The number of hydrogen-bond acceptors (Lipinski definition) is 4. The van der Waals surface area contributed by atoms with Crippen LogP contribution in [0.5, 0.6) is 11.5 Å². The van der Waals surface area contributed by atoms with Crippen LogP contribution in [-0.4, -0.2) is 21.6 Å². The normalized spacial score (nSPS) is 13.0. The summed E-state index contributed by atoms with van der Waals surface area (Å²) < 4.78 is 13.3. The maximum absolute atomic E-state index is 12.7. The van der Waals surface area contributed by atoms with E-state index in [-0.39, 0.29) is 12.4 Å². The number of benzene rings is 2. The number of aromatic amines is 1. The second-order valence-electron chi connectivity index (χ2n) is 5.50. The SMILES string of the molecule is O=c1c2cnc3cc4c(cc3c2[nH]n1-c1ccc(Br)cc1)OCO4. The summed E-state index contributed by atoms with van der Waals surface area (Å²) >= 11 is 3.40. The van der Waals surface area contributed by atoms with Gasteiger partial charge in [0, 0.05) is 22.1 Å². The van der Waals surface area contributed by atoms with Crippen molar-refractivity contribution in [3.8, 4) is 17.2 Å². The largest absolute Gasteiger partial charge is 0.454 e. The van der Waals surface area contributed by atoms with Gasteiger partial charge in [0.25, 0.3) is 5.56 Å². The number of ether oxygens (including phenoxy) is 2. The first-order valence-corrected chi connectivity index (χ1v) is 8.09. The van der Waals surface area contributed by atoms with Crippen molar-refractivity contribution in [2.24, 2.45) is 0 Å². The van der Waals surface area contributed by atoms with Crippen LogP contribution in [-0.2, 0) is 0 Å². The van der Waals surface area contributed by atoms with Gasteiger partial charge in [0.2, 0.25) is 6.79 Å². The van der Waals surface area contributed by atoms with Crippen LogP contribution >= 0.6 is 15.9 Å². The van der Waals surface area contributed by atoms with Crippen molar-refractivity contribution >= 4 is 37.7 Å². The number of hydrogen-bond donors (Lipinski definition) is 1. The lowest BCUT2D eigenvalue weighted by Crippen LogP contribution is -2.13. The van der Waals surface area contributed by atoms with Crippen LogP contribution in [0.25, 0.3) is 27.5 Å². The fraction of sp³-hybridized carbons (Fsp3) is 0.0588. The lowest BCUT2D eigenvalue weighted by atomic mass is 10.1. The Balaban J connectivity index is 1.82. The lowest BCUT2D eigenvalue weighted by Gasteiger charge is -2.02. The Morgan fingerprint density at radius 3 is 2.62 bits per heavy atom. The van der Waals surface area contributed by atoms with Gasteiger partial charge in [0.1, 0.15) is 0 Å². The summed E-state index contributed by atoms with van der Waals surface area (Å²) in [5, 5.41) is 4.54. The minimum absolute atomic E-state index is 0.139. The zero-order chi connectivity index (χ0) is 16.3. The molecule has 6 nitrogen and oxygen atoms in total. The molecule has 0 saturated heterocycles. The molecule has 1 aliphatic rings. The molecule has 0 saturated carbocycles. The number of nitrogens with zero attached hydrogens (tertiary/aromatic N) is 2. The number of fused-ring (bicyclic) bond motifs is 4. The molecule has 0 fully saturated rings. The van der Waals surface area contributed by atoms with Gasteiger partial charge in [-0.05, 0) is 30.3 Å². The summed E-state index contributed by atoms with van der Waals surface area (Å²) in [4.78, 5) is 17.1. The van der Waals surface area contributed by atoms with Crippen LogP contribution in [0, 0.1) is 0 Å². The molecule has 0 spiro atoms. The number of rotatable bonds is 1. The van der Waals surface area contributed by atoms with Crippen LogP contribution in [0.3, 0.4) is 0 Å². The molecule has 0 bridgehead atoms. The van der Waals surface area contributed by atoms with Crippen molar-refractivity contribution in [3.05, 3.63) is 57.4 Å². The second kappa shape index (κ2) is 4.85. The molecule has 7 heteroatoms. The molecule has 2 aromatic carbocycles. The van der Waals surface area contributed by atoms with Crippen molar-refractivity contribution in [2.45, 2.75) is 0 Å². The summed E-state index contributed by atoms with van der Waals surface area (Å²) in [5.41, 5.74) is 2.09. The van der Waals surface area contributed by atoms with Gasteiger partial charge >= 0.3 is 0 Å². The molecule has 0 aliphatic carbocycles. The molecule has 3 heterocycles. The zero-order valence-electron chi connectivity index (χ0n) is 12.2. The van der Waals surface area contributed by atoms with E-state index < -0.39 is 0 Å². The van der Waals surface area contributed by atoms with Gasteiger partial charge in [-0.3, -0.25) is 14.9 Å². The summed E-state index contributed by atoms with van der Waals surface area (Å²) in [6, 6.07) is 11.2. The Hall–Kier alpha value is -2.80. The highest BCUT2D eigenvalue weighted by Gasteiger charge is 2.18. The first-order valence-electron chi connectivity index (χ1n) is 7.30. The minimum Gasteiger partial charge on any atom is -0.454 e. The smallest absolute Gasteiger partial charge is 0.280 e. The van der Waals surface area contributed by atoms with Crippen LogP contribution in [0.15, 0.2) is 51.9 Å². The van der Waals surface area contributed by atoms with Gasteiger partial charge < -0.3 is 9.47 Å². The molecule has 118 valence electrons. The Bertz CT molecular complexity index is 1160. The molecule has 5 rings (SSSR count). The third kappa shape index (κ3) is 1.88. The van der Waals surface area contributed by atoms with Crippen LogP contribution < -0.4 is 15.0 Å². The van der Waals surface area contributed by atoms with E-state index in [0.717, 1.165) is 26.6 Å². The Kier molecular flexibility index (Phi) is 2.75. The fourth-order valence-electron chi connectivity index (χ4n) is 2.92. The Labute approximate surface area is 143 Å². The zero-order valence-corrected chi connectivity index (χ0v) is 13.8. The molecule has 0 amide bonds. The van der Waals surface area contributed by atoms with E-state index in [0.29, 0.717) is 16.9 Å². The van der Waals surface area contributed by atoms with E-state index >= 15 is 0 Å². The lowest BCUT2D eigenvalue weighted by molar-refractivity contribution is 0.174. The third-order valence-electron chi connectivity index (χ3n) is 4.10. The van der Waals surface area contributed by atoms with Crippen molar-refractivity contribution in [3.63, 3.8) is 0 Å². The third-order valence-corrected chi connectivity index (χ3v) is 4.63. The second-order valence-corrected chi connectivity index (χ2v) is 6.41. The highest BCUT2D eigenvalue weighted by atomic mass is 79.9. The summed E-state index contributed by atoms with van der Waals surface area (Å²) in [5.74, 6) is 1.33. The topological polar surface area (TPSA) is 69.1 Å². The van der Waals surface area contributed by atoms with Crippen molar-refractivity contribution < 1.29 is 9.47 Å². The predicted octanol–water partition coefficient (Wildman–Crippen LogP) is 3.36. The molecule has 24 heavy (non-hydrogen) atoms. The number of halogens is 1. The fourth-order valence-corrected chi connectivity index (χ4v) is 3.18. The minimum atomic E-state index is -0.139. The highest BCUT2D eigenvalue weighted by Crippen LogP contribution is 2.37. The first-order chi connectivity index (χ1) is 11.7. The van der Waals surface area contributed by atoms with E-state index in [4.69, 9.17) is 9.47 Å². The van der Waals surface area contributed by atoms with Gasteiger partial charge in [0.15, 0.2) is 11.5 Å². The average Bonchev–Trinajstić information content (AvgIpc) is 3.18. The Morgan fingerprint density at radius 1 is 1.08 bits per heavy atom. The van der Waals surface area contributed by atoms with E-state index in [1.807, 2.05) is 36.4 Å². The van der Waals surface area contributed by atoms with Crippen molar-refractivity contribution in [1.29, 1.82) is 0 Å². The van der Waals surface area contributed by atoms with Gasteiger partial charge in [-0.2, -0.15) is 0 Å². The summed E-state index contributed by atoms with van der Waals surface area (Å²) in [7, 11) is 0. The van der Waals surface area contributed by atoms with Crippen molar-refractivity contribution in [1.82, 2.24) is 14.8 Å². The molecule has 0 unspecified atom stereocenters. The molecule has 4 aromatic rings. The summed E-state index contributed by atoms with van der Waals surface area (Å²) in [6.07, 6.45) is 1.59. The maximum Gasteiger partial charge on any atom is 0.280 e. The molecule has 1 aliphatic heterocycles. The molecule has 0 atom stereocenters. The van der Waals surface area contributed by atoms with E-state index in [2.05, 4.69) is 26.0 Å². The average molecular weight is 384 g/mol. The van der Waals surface area contributed by atoms with Gasteiger partial charge in [-0.15, -0.1) is 0 Å². The standard InChI is InChI=1S/C17H10BrN3O3/c18-9-1-3-10(4-2-9)21-17(22)12-7-19-13-6-15-14(23-8-24-15)5-11(13)16(12)20-21/h1-7,20H,8H2. The monoisotopic (exact) mass is 383 g/mol. The summed E-state index contributed by atoms with van der Waals surface area (Å²) in [6.45, 7) is 0.200.